The Balaban J connectivity index is 2.09. The van der Waals surface area contributed by atoms with Crippen LogP contribution in [0.15, 0.2) is 23.2 Å². The molecule has 0 saturated heterocycles. The molecular weight excluding hydrogens is 217 g/mol. The standard InChI is InChI=1S/C10H11ClFN3/c11-6-1-4-9(8(12)5-6)15-10(13)14-7-2-3-7/h1,4-5,7H,2-3H2,(H3,13,14,15). The number of nitrogens with two attached hydrogens (primary N) is 1. The monoisotopic (exact) mass is 227 g/mol. The third kappa shape index (κ3) is 2.83. The fraction of sp³-hybridized carbons (Fsp3) is 0.300. The van der Waals surface area contributed by atoms with E-state index < -0.39 is 5.82 Å². The molecule has 1 saturated carbocycles. The van der Waals surface area contributed by atoms with Crippen molar-refractivity contribution in [2.45, 2.75) is 18.9 Å². The zero-order chi connectivity index (χ0) is 10.8. The van der Waals surface area contributed by atoms with Gasteiger partial charge < -0.3 is 11.1 Å². The summed E-state index contributed by atoms with van der Waals surface area (Å²) in [6, 6.07) is 4.67. The average Bonchev–Trinajstić information content (AvgIpc) is 2.94. The minimum Gasteiger partial charge on any atom is -0.370 e. The van der Waals surface area contributed by atoms with E-state index in [-0.39, 0.29) is 5.96 Å². The Hall–Kier alpha value is -1.29. The van der Waals surface area contributed by atoms with Crippen LogP contribution in [0, 0.1) is 5.82 Å². The maximum Gasteiger partial charge on any atom is 0.193 e. The molecule has 0 aliphatic heterocycles. The molecule has 0 radical (unpaired) electrons. The van der Waals surface area contributed by atoms with E-state index in [2.05, 4.69) is 10.3 Å². The third-order valence-corrected chi connectivity index (χ3v) is 2.30. The van der Waals surface area contributed by atoms with Crippen LogP contribution in [0.25, 0.3) is 0 Å². The average molecular weight is 228 g/mol. The predicted molar refractivity (Wildman–Crippen MR) is 59.7 cm³/mol. The van der Waals surface area contributed by atoms with E-state index >= 15 is 0 Å². The minimum atomic E-state index is -0.434. The number of halogens is 2. The van der Waals surface area contributed by atoms with Crippen LogP contribution in [0.5, 0.6) is 0 Å². The lowest BCUT2D eigenvalue weighted by Crippen LogP contribution is -2.23. The number of hydrogen-bond acceptors (Lipinski definition) is 1. The number of guanidine groups is 1. The fourth-order valence-electron chi connectivity index (χ4n) is 1.16. The van der Waals surface area contributed by atoms with E-state index in [9.17, 15) is 4.39 Å². The maximum absolute atomic E-state index is 13.3. The summed E-state index contributed by atoms with van der Waals surface area (Å²) in [7, 11) is 0. The smallest absolute Gasteiger partial charge is 0.193 e. The Morgan fingerprint density at radius 2 is 2.27 bits per heavy atom. The highest BCUT2D eigenvalue weighted by atomic mass is 35.5. The summed E-state index contributed by atoms with van der Waals surface area (Å²) >= 11 is 5.62. The lowest BCUT2D eigenvalue weighted by molar-refractivity contribution is 0.632. The molecule has 1 aliphatic rings. The van der Waals surface area contributed by atoms with Gasteiger partial charge in [-0.25, -0.2) is 9.38 Å². The van der Waals surface area contributed by atoms with Gasteiger partial charge >= 0.3 is 0 Å². The highest BCUT2D eigenvalue weighted by molar-refractivity contribution is 6.30. The van der Waals surface area contributed by atoms with Crippen LogP contribution in [0.4, 0.5) is 10.1 Å². The van der Waals surface area contributed by atoms with Gasteiger partial charge in [-0.15, -0.1) is 0 Å². The van der Waals surface area contributed by atoms with Crippen molar-refractivity contribution >= 4 is 23.2 Å². The van der Waals surface area contributed by atoms with Crippen molar-refractivity contribution in [1.82, 2.24) is 0 Å². The minimum absolute atomic E-state index is 0.249. The zero-order valence-corrected chi connectivity index (χ0v) is 8.76. The van der Waals surface area contributed by atoms with Gasteiger partial charge in [0.05, 0.1) is 11.7 Å². The van der Waals surface area contributed by atoms with E-state index in [0.717, 1.165) is 12.8 Å². The number of nitrogens with zero attached hydrogens (tertiary/aromatic N) is 1. The zero-order valence-electron chi connectivity index (χ0n) is 8.00. The first-order chi connectivity index (χ1) is 7.15. The number of benzene rings is 1. The first-order valence-electron chi connectivity index (χ1n) is 4.70. The van der Waals surface area contributed by atoms with Crippen LogP contribution in [0.1, 0.15) is 12.8 Å². The van der Waals surface area contributed by atoms with Crippen molar-refractivity contribution < 1.29 is 4.39 Å². The number of anilines is 1. The summed E-state index contributed by atoms with van der Waals surface area (Å²) in [5, 5.41) is 3.06. The quantitative estimate of drug-likeness (QED) is 0.602. The van der Waals surface area contributed by atoms with Gasteiger partial charge in [-0.1, -0.05) is 11.6 Å². The first kappa shape index (κ1) is 10.2. The SMILES string of the molecule is NC(=NC1CC1)Nc1ccc(Cl)cc1F. The molecule has 15 heavy (non-hydrogen) atoms. The maximum atomic E-state index is 13.3. The van der Waals surface area contributed by atoms with Crippen LogP contribution in [-0.2, 0) is 0 Å². The van der Waals surface area contributed by atoms with Gasteiger partial charge in [-0.3, -0.25) is 0 Å². The molecule has 1 aromatic rings. The van der Waals surface area contributed by atoms with E-state index in [1.807, 2.05) is 0 Å². The molecule has 0 spiro atoms. The molecule has 2 rings (SSSR count). The number of hydrogen-bond donors (Lipinski definition) is 2. The highest BCUT2D eigenvalue weighted by Gasteiger charge is 2.20. The molecule has 0 atom stereocenters. The summed E-state index contributed by atoms with van der Waals surface area (Å²) < 4.78 is 13.3. The van der Waals surface area contributed by atoms with Gasteiger partial charge in [-0.05, 0) is 31.0 Å². The van der Waals surface area contributed by atoms with Crippen molar-refractivity contribution in [1.29, 1.82) is 0 Å². The third-order valence-electron chi connectivity index (χ3n) is 2.06. The summed E-state index contributed by atoms with van der Waals surface area (Å²) in [4.78, 5) is 4.13. The summed E-state index contributed by atoms with van der Waals surface area (Å²) in [6.07, 6.45) is 2.12. The van der Waals surface area contributed by atoms with E-state index in [4.69, 9.17) is 17.3 Å². The highest BCUT2D eigenvalue weighted by Crippen LogP contribution is 2.24. The molecule has 0 aromatic heterocycles. The summed E-state index contributed by atoms with van der Waals surface area (Å²) in [5.41, 5.74) is 5.89. The van der Waals surface area contributed by atoms with Crippen molar-refractivity contribution in [3.8, 4) is 0 Å². The lowest BCUT2D eigenvalue weighted by Gasteiger charge is -2.06. The fourth-order valence-corrected chi connectivity index (χ4v) is 1.32. The van der Waals surface area contributed by atoms with Gasteiger partial charge in [0.25, 0.3) is 0 Å². The first-order valence-corrected chi connectivity index (χ1v) is 5.08. The van der Waals surface area contributed by atoms with Crippen molar-refractivity contribution in [2.24, 2.45) is 10.7 Å². The van der Waals surface area contributed by atoms with Crippen molar-refractivity contribution in [2.75, 3.05) is 5.32 Å². The topological polar surface area (TPSA) is 50.4 Å². The molecule has 3 N–H and O–H groups in total. The second kappa shape index (κ2) is 4.06. The molecule has 1 fully saturated rings. The Morgan fingerprint density at radius 3 is 2.87 bits per heavy atom. The van der Waals surface area contributed by atoms with Crippen LogP contribution in [0.2, 0.25) is 5.02 Å². The van der Waals surface area contributed by atoms with Crippen LogP contribution in [-0.4, -0.2) is 12.0 Å². The molecule has 0 unspecified atom stereocenters. The molecule has 80 valence electrons. The van der Waals surface area contributed by atoms with Crippen molar-refractivity contribution in [3.63, 3.8) is 0 Å². The summed E-state index contributed by atoms with van der Waals surface area (Å²) in [5.74, 6) is -0.185. The number of aliphatic imine (C=N–C) groups is 1. The second-order valence-corrected chi connectivity index (χ2v) is 3.93. The van der Waals surface area contributed by atoms with E-state index in [0.29, 0.717) is 16.8 Å². The van der Waals surface area contributed by atoms with E-state index in [1.165, 1.54) is 12.1 Å². The number of nitrogens with one attached hydrogen (secondary N) is 1. The van der Waals surface area contributed by atoms with Crippen LogP contribution < -0.4 is 11.1 Å². The second-order valence-electron chi connectivity index (χ2n) is 3.49. The number of rotatable bonds is 2. The molecular formula is C10H11ClFN3. The molecule has 0 bridgehead atoms. The Labute approximate surface area is 92.1 Å². The van der Waals surface area contributed by atoms with E-state index in [1.54, 1.807) is 6.07 Å². The van der Waals surface area contributed by atoms with Gasteiger partial charge in [0, 0.05) is 5.02 Å². The Bertz CT molecular complexity index is 402. The van der Waals surface area contributed by atoms with Crippen LogP contribution >= 0.6 is 11.6 Å². The van der Waals surface area contributed by atoms with Gasteiger partial charge in [0.15, 0.2) is 5.96 Å². The molecule has 1 aromatic carbocycles. The Kier molecular flexibility index (Phi) is 2.77. The van der Waals surface area contributed by atoms with Gasteiger partial charge in [0.2, 0.25) is 0 Å². The molecule has 5 heteroatoms. The molecule has 1 aliphatic carbocycles. The normalized spacial score (nSPS) is 16.5. The van der Waals surface area contributed by atoms with Gasteiger partial charge in [-0.2, -0.15) is 0 Å². The summed E-state index contributed by atoms with van der Waals surface area (Å²) in [6.45, 7) is 0. The van der Waals surface area contributed by atoms with Crippen LogP contribution in [0.3, 0.4) is 0 Å². The molecule has 3 nitrogen and oxygen atoms in total. The van der Waals surface area contributed by atoms with Crippen molar-refractivity contribution in [3.05, 3.63) is 29.0 Å². The van der Waals surface area contributed by atoms with Gasteiger partial charge in [0.1, 0.15) is 5.82 Å². The predicted octanol–water partition coefficient (Wildman–Crippen LogP) is 2.37. The lowest BCUT2D eigenvalue weighted by atomic mass is 10.3. The molecule has 0 amide bonds. The Morgan fingerprint density at radius 1 is 1.53 bits per heavy atom. The molecule has 0 heterocycles. The largest absolute Gasteiger partial charge is 0.370 e.